The van der Waals surface area contributed by atoms with Crippen LogP contribution in [0, 0.1) is 5.82 Å². The molecule has 0 spiro atoms. The zero-order valence-corrected chi connectivity index (χ0v) is 13.7. The van der Waals surface area contributed by atoms with E-state index >= 15 is 0 Å². The molecule has 0 aliphatic carbocycles. The van der Waals surface area contributed by atoms with Gasteiger partial charge in [0.1, 0.15) is 5.82 Å². The minimum atomic E-state index is -0.319. The van der Waals surface area contributed by atoms with Crippen molar-refractivity contribution < 1.29 is 9.13 Å². The predicted octanol–water partition coefficient (Wildman–Crippen LogP) is 3.17. The van der Waals surface area contributed by atoms with E-state index in [0.717, 1.165) is 51.5 Å². The predicted molar refractivity (Wildman–Crippen MR) is 86.7 cm³/mol. The van der Waals surface area contributed by atoms with Crippen molar-refractivity contribution >= 4 is 11.6 Å². The van der Waals surface area contributed by atoms with Gasteiger partial charge in [-0.25, -0.2) is 4.39 Å². The molecule has 1 aromatic rings. The minimum absolute atomic E-state index is 0.201. The van der Waals surface area contributed by atoms with Crippen LogP contribution in [0.4, 0.5) is 4.39 Å². The van der Waals surface area contributed by atoms with Crippen molar-refractivity contribution in [2.75, 3.05) is 39.4 Å². The number of morpholine rings is 1. The van der Waals surface area contributed by atoms with Crippen molar-refractivity contribution in [2.45, 2.75) is 31.8 Å². The van der Waals surface area contributed by atoms with E-state index in [0.29, 0.717) is 6.04 Å². The third-order valence-electron chi connectivity index (χ3n) is 4.69. The number of halogens is 2. The maximum atomic E-state index is 13.6. The maximum absolute atomic E-state index is 13.6. The molecule has 0 N–H and O–H groups in total. The van der Waals surface area contributed by atoms with Crippen LogP contribution < -0.4 is 0 Å². The highest BCUT2D eigenvalue weighted by Gasteiger charge is 2.25. The van der Waals surface area contributed by atoms with Crippen molar-refractivity contribution in [2.24, 2.45) is 0 Å². The van der Waals surface area contributed by atoms with E-state index in [9.17, 15) is 4.39 Å². The molecule has 0 radical (unpaired) electrons. The maximum Gasteiger partial charge on any atom is 0.142 e. The smallest absolute Gasteiger partial charge is 0.142 e. The Morgan fingerprint density at radius 2 is 2.00 bits per heavy atom. The van der Waals surface area contributed by atoms with Crippen molar-refractivity contribution in [3.05, 3.63) is 34.6 Å². The van der Waals surface area contributed by atoms with Crippen molar-refractivity contribution in [1.82, 2.24) is 9.80 Å². The van der Waals surface area contributed by atoms with E-state index in [1.54, 1.807) is 12.1 Å². The van der Waals surface area contributed by atoms with E-state index in [4.69, 9.17) is 16.3 Å². The van der Waals surface area contributed by atoms with E-state index in [1.165, 1.54) is 19.3 Å². The van der Waals surface area contributed by atoms with Gasteiger partial charge < -0.3 is 4.74 Å². The summed E-state index contributed by atoms with van der Waals surface area (Å²) in [4.78, 5) is 5.00. The lowest BCUT2D eigenvalue weighted by atomic mass is 10.0. The van der Waals surface area contributed by atoms with Gasteiger partial charge in [0.05, 0.1) is 18.2 Å². The first-order chi connectivity index (χ1) is 10.7. The number of nitrogens with zero attached hydrogens (tertiary/aromatic N) is 2. The van der Waals surface area contributed by atoms with Gasteiger partial charge in [-0.2, -0.15) is 0 Å². The fourth-order valence-electron chi connectivity index (χ4n) is 3.43. The summed E-state index contributed by atoms with van der Waals surface area (Å²) in [7, 11) is 0. The Hall–Kier alpha value is -0.680. The van der Waals surface area contributed by atoms with Crippen LogP contribution in [0.1, 0.15) is 24.8 Å². The third-order valence-corrected chi connectivity index (χ3v) is 5.00. The summed E-state index contributed by atoms with van der Waals surface area (Å²) >= 11 is 5.77. The highest BCUT2D eigenvalue weighted by Crippen LogP contribution is 2.23. The number of benzene rings is 1. The molecule has 3 rings (SSSR count). The third kappa shape index (κ3) is 4.19. The van der Waals surface area contributed by atoms with Gasteiger partial charge >= 0.3 is 0 Å². The lowest BCUT2D eigenvalue weighted by Gasteiger charge is -2.39. The highest BCUT2D eigenvalue weighted by atomic mass is 35.5. The Bertz CT molecular complexity index is 494. The Morgan fingerprint density at radius 3 is 2.77 bits per heavy atom. The number of rotatable bonds is 4. The molecule has 2 fully saturated rings. The van der Waals surface area contributed by atoms with Gasteiger partial charge in [0.25, 0.3) is 0 Å². The fraction of sp³-hybridized carbons (Fsp3) is 0.647. The number of hydrogen-bond acceptors (Lipinski definition) is 3. The summed E-state index contributed by atoms with van der Waals surface area (Å²) < 4.78 is 19.1. The second kappa shape index (κ2) is 7.73. The lowest BCUT2D eigenvalue weighted by Crippen LogP contribution is -2.49. The molecule has 22 heavy (non-hydrogen) atoms. The van der Waals surface area contributed by atoms with Gasteiger partial charge in [-0.1, -0.05) is 24.1 Å². The molecule has 3 nitrogen and oxygen atoms in total. The number of hydrogen-bond donors (Lipinski definition) is 0. The monoisotopic (exact) mass is 326 g/mol. The van der Waals surface area contributed by atoms with Crippen LogP contribution in [0.15, 0.2) is 18.2 Å². The first-order valence-electron chi connectivity index (χ1n) is 8.20. The lowest BCUT2D eigenvalue weighted by molar-refractivity contribution is 0.0153. The van der Waals surface area contributed by atoms with Crippen LogP contribution in [0.25, 0.3) is 0 Å². The SMILES string of the molecule is Fc1cc(CN2CCCC[C@@H]2CN2CCOCC2)ccc1Cl. The summed E-state index contributed by atoms with van der Waals surface area (Å²) in [6, 6.07) is 5.73. The van der Waals surface area contributed by atoms with Gasteiger partial charge in [-0.3, -0.25) is 9.80 Å². The van der Waals surface area contributed by atoms with Crippen LogP contribution >= 0.6 is 11.6 Å². The van der Waals surface area contributed by atoms with Crippen LogP contribution in [0.3, 0.4) is 0 Å². The quantitative estimate of drug-likeness (QED) is 0.845. The molecule has 1 atom stereocenters. The van der Waals surface area contributed by atoms with Gasteiger partial charge in [0.2, 0.25) is 0 Å². The normalized spacial score (nSPS) is 24.5. The molecule has 5 heteroatoms. The van der Waals surface area contributed by atoms with Crippen molar-refractivity contribution in [1.29, 1.82) is 0 Å². The topological polar surface area (TPSA) is 15.7 Å². The second-order valence-corrected chi connectivity index (χ2v) is 6.69. The summed E-state index contributed by atoms with van der Waals surface area (Å²) in [5.74, 6) is -0.319. The first kappa shape index (κ1) is 16.2. The highest BCUT2D eigenvalue weighted by molar-refractivity contribution is 6.30. The average molecular weight is 327 g/mol. The molecule has 2 aliphatic heterocycles. The molecular weight excluding hydrogens is 303 g/mol. The molecule has 0 saturated carbocycles. The average Bonchev–Trinajstić information content (AvgIpc) is 2.54. The summed E-state index contributed by atoms with van der Waals surface area (Å²) in [6.07, 6.45) is 3.75. The van der Waals surface area contributed by atoms with Crippen LogP contribution in [0.5, 0.6) is 0 Å². The molecule has 1 aromatic carbocycles. The van der Waals surface area contributed by atoms with E-state index in [-0.39, 0.29) is 10.8 Å². The van der Waals surface area contributed by atoms with Gasteiger partial charge in [0.15, 0.2) is 0 Å². The Kier molecular flexibility index (Phi) is 5.69. The second-order valence-electron chi connectivity index (χ2n) is 6.28. The summed E-state index contributed by atoms with van der Waals surface area (Å²) in [6.45, 7) is 6.74. The largest absolute Gasteiger partial charge is 0.379 e. The molecule has 2 saturated heterocycles. The zero-order chi connectivity index (χ0) is 15.4. The van der Waals surface area contributed by atoms with Crippen molar-refractivity contribution in [3.63, 3.8) is 0 Å². The summed E-state index contributed by atoms with van der Waals surface area (Å²) in [5.41, 5.74) is 1.01. The molecule has 0 amide bonds. The van der Waals surface area contributed by atoms with Crippen LogP contribution in [-0.2, 0) is 11.3 Å². The van der Waals surface area contributed by atoms with Gasteiger partial charge in [-0.15, -0.1) is 0 Å². The number of ether oxygens (including phenoxy) is 1. The van der Waals surface area contributed by atoms with Gasteiger partial charge in [-0.05, 0) is 37.1 Å². The fourth-order valence-corrected chi connectivity index (χ4v) is 3.55. The van der Waals surface area contributed by atoms with Crippen LogP contribution in [-0.4, -0.2) is 55.2 Å². The molecule has 2 aliphatic rings. The summed E-state index contributed by atoms with van der Waals surface area (Å²) in [5, 5.41) is 0.201. The van der Waals surface area contributed by atoms with Crippen LogP contribution in [0.2, 0.25) is 5.02 Å². The van der Waals surface area contributed by atoms with E-state index in [1.807, 2.05) is 6.07 Å². The molecule has 2 heterocycles. The number of piperidine rings is 1. The van der Waals surface area contributed by atoms with E-state index < -0.39 is 0 Å². The molecule has 0 unspecified atom stereocenters. The molecular formula is C17H24ClFN2O. The van der Waals surface area contributed by atoms with E-state index in [2.05, 4.69) is 9.80 Å². The molecule has 0 bridgehead atoms. The Morgan fingerprint density at radius 1 is 1.18 bits per heavy atom. The Balaban J connectivity index is 1.62. The molecule has 122 valence electrons. The number of likely N-dealkylation sites (tertiary alicyclic amines) is 1. The Labute approximate surface area is 137 Å². The standard InChI is InChI=1S/C17H24ClFN2O/c18-16-5-4-14(11-17(16)19)12-21-6-2-1-3-15(21)13-20-7-9-22-10-8-20/h4-5,11,15H,1-3,6-10,12-13H2/t15-/m1/s1. The molecule has 0 aromatic heterocycles. The minimum Gasteiger partial charge on any atom is -0.379 e. The van der Waals surface area contributed by atoms with Gasteiger partial charge in [0, 0.05) is 32.2 Å². The first-order valence-corrected chi connectivity index (χ1v) is 8.58. The zero-order valence-electron chi connectivity index (χ0n) is 12.9. The van der Waals surface area contributed by atoms with Crippen molar-refractivity contribution in [3.8, 4) is 0 Å².